The lowest BCUT2D eigenvalue weighted by molar-refractivity contribution is -0.143. The van der Waals surface area contributed by atoms with Crippen LogP contribution in [0.15, 0.2) is 12.1 Å². The lowest BCUT2D eigenvalue weighted by Gasteiger charge is -2.27. The van der Waals surface area contributed by atoms with Crippen LogP contribution in [0.1, 0.15) is 35.4 Å². The van der Waals surface area contributed by atoms with E-state index in [2.05, 4.69) is 5.32 Å². The van der Waals surface area contributed by atoms with Gasteiger partial charge >= 0.3 is 5.97 Å². The Kier molecular flexibility index (Phi) is 4.24. The van der Waals surface area contributed by atoms with E-state index in [1.54, 1.807) is 12.1 Å². The number of nitrogens with one attached hydrogen (secondary N) is 1. The minimum absolute atomic E-state index is 0.0479. The number of hydrogen-bond acceptors (Lipinski definition) is 3. The number of carboxylic acids is 1. The molecule has 6 heteroatoms. The summed E-state index contributed by atoms with van der Waals surface area (Å²) in [6.45, 7) is 0. The maximum absolute atomic E-state index is 11.9. The Labute approximate surface area is 114 Å². The average Bonchev–Trinajstić information content (AvgIpc) is 2.76. The van der Waals surface area contributed by atoms with Gasteiger partial charge in [0, 0.05) is 6.04 Å². The van der Waals surface area contributed by atoms with Crippen LogP contribution in [-0.4, -0.2) is 23.0 Å². The second-order valence-electron chi connectivity index (χ2n) is 4.48. The predicted octanol–water partition coefficient (Wildman–Crippen LogP) is 2.77. The molecule has 0 radical (unpaired) electrons. The van der Waals surface area contributed by atoms with E-state index in [4.69, 9.17) is 16.7 Å². The number of halogens is 1. The summed E-state index contributed by atoms with van der Waals surface area (Å²) in [5.74, 6) is -1.27. The third-order valence-electron chi connectivity index (χ3n) is 3.16. The van der Waals surface area contributed by atoms with Crippen LogP contribution in [0.3, 0.4) is 0 Å². The summed E-state index contributed by atoms with van der Waals surface area (Å²) in [4.78, 5) is 23.4. The van der Waals surface area contributed by atoms with Crippen molar-refractivity contribution in [2.24, 2.45) is 5.92 Å². The van der Waals surface area contributed by atoms with E-state index >= 15 is 0 Å². The van der Waals surface area contributed by atoms with Crippen molar-refractivity contribution >= 4 is 34.8 Å². The zero-order chi connectivity index (χ0) is 13.1. The van der Waals surface area contributed by atoms with Crippen molar-refractivity contribution in [2.75, 3.05) is 0 Å². The van der Waals surface area contributed by atoms with Crippen LogP contribution in [0, 0.1) is 5.92 Å². The second-order valence-corrected chi connectivity index (χ2v) is 6.19. The van der Waals surface area contributed by atoms with Crippen molar-refractivity contribution in [3.8, 4) is 0 Å². The number of amides is 1. The molecule has 0 aromatic carbocycles. The highest BCUT2D eigenvalue weighted by Crippen LogP contribution is 2.26. The number of rotatable bonds is 3. The van der Waals surface area contributed by atoms with Crippen molar-refractivity contribution in [3.63, 3.8) is 0 Å². The van der Waals surface area contributed by atoms with Crippen LogP contribution in [0.2, 0.25) is 4.34 Å². The summed E-state index contributed by atoms with van der Waals surface area (Å²) in [7, 11) is 0. The number of aliphatic carboxylic acids is 1. The monoisotopic (exact) mass is 287 g/mol. The summed E-state index contributed by atoms with van der Waals surface area (Å²) in [5, 5.41) is 11.9. The first-order valence-corrected chi connectivity index (χ1v) is 7.04. The number of thiophene rings is 1. The molecule has 4 nitrogen and oxygen atoms in total. The van der Waals surface area contributed by atoms with Crippen LogP contribution >= 0.6 is 22.9 Å². The Morgan fingerprint density at radius 2 is 2.17 bits per heavy atom. The van der Waals surface area contributed by atoms with Crippen molar-refractivity contribution in [3.05, 3.63) is 21.3 Å². The fourth-order valence-electron chi connectivity index (χ4n) is 2.24. The maximum Gasteiger partial charge on any atom is 0.306 e. The van der Waals surface area contributed by atoms with E-state index in [0.717, 1.165) is 12.8 Å². The van der Waals surface area contributed by atoms with Crippen LogP contribution in [0.5, 0.6) is 0 Å². The van der Waals surface area contributed by atoms with Gasteiger partial charge < -0.3 is 10.4 Å². The average molecular weight is 288 g/mol. The molecule has 0 bridgehead atoms. The fraction of sp³-hybridized carbons (Fsp3) is 0.500. The Hall–Kier alpha value is -1.07. The molecule has 1 aromatic heterocycles. The lowest BCUT2D eigenvalue weighted by Crippen LogP contribution is -2.39. The van der Waals surface area contributed by atoms with E-state index in [1.807, 2.05) is 0 Å². The van der Waals surface area contributed by atoms with Gasteiger partial charge in [-0.15, -0.1) is 11.3 Å². The standard InChI is InChI=1S/C12H14ClNO3S/c13-10-5-4-9(18-10)11(15)14-8-3-1-2-7(6-8)12(16)17/h4-5,7-8H,1-3,6H2,(H,14,15)(H,16,17). The van der Waals surface area contributed by atoms with Gasteiger partial charge in [0.25, 0.3) is 5.91 Å². The molecule has 1 heterocycles. The molecular formula is C12H14ClNO3S. The molecule has 0 aliphatic heterocycles. The van der Waals surface area contributed by atoms with Gasteiger partial charge in [-0.05, 0) is 31.4 Å². The molecular weight excluding hydrogens is 274 g/mol. The number of carbonyl (C=O) groups excluding carboxylic acids is 1. The lowest BCUT2D eigenvalue weighted by atomic mass is 9.86. The number of carbonyl (C=O) groups is 2. The summed E-state index contributed by atoms with van der Waals surface area (Å²) in [5.41, 5.74) is 0. The molecule has 1 aromatic rings. The Bertz CT molecular complexity index is 460. The smallest absolute Gasteiger partial charge is 0.306 e. The van der Waals surface area contributed by atoms with Crippen LogP contribution in [0.4, 0.5) is 0 Å². The summed E-state index contributed by atoms with van der Waals surface area (Å²) >= 11 is 7.00. The number of carboxylic acid groups (broad SMARTS) is 1. The molecule has 2 rings (SSSR count). The van der Waals surface area contributed by atoms with Gasteiger partial charge in [-0.2, -0.15) is 0 Å². The second kappa shape index (κ2) is 5.71. The van der Waals surface area contributed by atoms with Gasteiger partial charge in [0.05, 0.1) is 15.1 Å². The molecule has 2 atom stereocenters. The summed E-state index contributed by atoms with van der Waals surface area (Å²) in [6.07, 6.45) is 2.90. The van der Waals surface area contributed by atoms with Gasteiger partial charge in [-0.25, -0.2) is 0 Å². The topological polar surface area (TPSA) is 66.4 Å². The molecule has 18 heavy (non-hydrogen) atoms. The molecule has 1 saturated carbocycles. The minimum Gasteiger partial charge on any atom is -0.481 e. The van der Waals surface area contributed by atoms with E-state index in [0.29, 0.717) is 22.1 Å². The van der Waals surface area contributed by atoms with Crippen molar-refractivity contribution in [1.82, 2.24) is 5.32 Å². The summed E-state index contributed by atoms with van der Waals surface area (Å²) in [6, 6.07) is 3.32. The highest BCUT2D eigenvalue weighted by atomic mass is 35.5. The Balaban J connectivity index is 1.93. The molecule has 1 aliphatic carbocycles. The van der Waals surface area contributed by atoms with Gasteiger partial charge in [-0.1, -0.05) is 18.0 Å². The molecule has 98 valence electrons. The highest BCUT2D eigenvalue weighted by molar-refractivity contribution is 7.17. The SMILES string of the molecule is O=C(NC1CCCC(C(=O)O)C1)c1ccc(Cl)s1. The highest BCUT2D eigenvalue weighted by Gasteiger charge is 2.28. The van der Waals surface area contributed by atoms with Crippen molar-refractivity contribution < 1.29 is 14.7 Å². The van der Waals surface area contributed by atoms with E-state index < -0.39 is 5.97 Å². The molecule has 0 spiro atoms. The van der Waals surface area contributed by atoms with Crippen molar-refractivity contribution in [1.29, 1.82) is 0 Å². The first-order chi connectivity index (χ1) is 8.56. The molecule has 2 N–H and O–H groups in total. The van der Waals surface area contributed by atoms with Crippen LogP contribution in [0.25, 0.3) is 0 Å². The quantitative estimate of drug-likeness (QED) is 0.898. The van der Waals surface area contributed by atoms with E-state index in [9.17, 15) is 9.59 Å². The largest absolute Gasteiger partial charge is 0.481 e. The van der Waals surface area contributed by atoms with E-state index in [-0.39, 0.29) is 17.9 Å². The van der Waals surface area contributed by atoms with Crippen LogP contribution < -0.4 is 5.32 Å². The fourth-order valence-corrected chi connectivity index (χ4v) is 3.18. The first kappa shape index (κ1) is 13.4. The normalized spacial score (nSPS) is 23.6. The maximum atomic E-state index is 11.9. The Morgan fingerprint density at radius 1 is 1.39 bits per heavy atom. The Morgan fingerprint density at radius 3 is 2.78 bits per heavy atom. The van der Waals surface area contributed by atoms with Gasteiger partial charge in [0.15, 0.2) is 0 Å². The third-order valence-corrected chi connectivity index (χ3v) is 4.39. The zero-order valence-electron chi connectivity index (χ0n) is 9.69. The van der Waals surface area contributed by atoms with Gasteiger partial charge in [0.1, 0.15) is 0 Å². The third kappa shape index (κ3) is 3.23. The van der Waals surface area contributed by atoms with Crippen LogP contribution in [-0.2, 0) is 4.79 Å². The molecule has 0 saturated heterocycles. The van der Waals surface area contributed by atoms with Gasteiger partial charge in [-0.3, -0.25) is 9.59 Å². The van der Waals surface area contributed by atoms with Gasteiger partial charge in [0.2, 0.25) is 0 Å². The molecule has 2 unspecified atom stereocenters. The zero-order valence-corrected chi connectivity index (χ0v) is 11.3. The first-order valence-electron chi connectivity index (χ1n) is 5.85. The number of hydrogen-bond donors (Lipinski definition) is 2. The molecule has 1 amide bonds. The van der Waals surface area contributed by atoms with E-state index in [1.165, 1.54) is 11.3 Å². The summed E-state index contributed by atoms with van der Waals surface area (Å²) < 4.78 is 0.576. The predicted molar refractivity (Wildman–Crippen MR) is 70.2 cm³/mol. The molecule has 1 aliphatic rings. The minimum atomic E-state index is -0.770. The molecule has 1 fully saturated rings. The van der Waals surface area contributed by atoms with Crippen molar-refractivity contribution in [2.45, 2.75) is 31.7 Å².